The zero-order valence-electron chi connectivity index (χ0n) is 12.2. The Labute approximate surface area is 118 Å². The van der Waals surface area contributed by atoms with Crippen molar-refractivity contribution < 1.29 is 4.74 Å². The molecule has 0 aliphatic carbocycles. The average molecular weight is 273 g/mol. The molecule has 0 aromatic carbocycles. The van der Waals surface area contributed by atoms with Gasteiger partial charge in [0.15, 0.2) is 0 Å². The Balaban J connectivity index is 2.00. The zero-order valence-corrected chi connectivity index (χ0v) is 13.1. The standard InChI is InChI=1S/C15H31NOS/c1-3-4-5-6-7-8-9-10-14(16-2)15-13-18-12-11-17-15/h14-16H,3-13H2,1-2H3. The quantitative estimate of drug-likeness (QED) is 0.611. The number of unbranched alkanes of at least 4 members (excludes halogenated alkanes) is 6. The fraction of sp³-hybridized carbons (Fsp3) is 1.00. The summed E-state index contributed by atoms with van der Waals surface area (Å²) < 4.78 is 5.86. The number of hydrogen-bond acceptors (Lipinski definition) is 3. The van der Waals surface area contributed by atoms with Crippen LogP contribution in [-0.4, -0.2) is 37.3 Å². The van der Waals surface area contributed by atoms with Crippen LogP contribution in [0.5, 0.6) is 0 Å². The normalized spacial score (nSPS) is 22.0. The van der Waals surface area contributed by atoms with E-state index in [9.17, 15) is 0 Å². The van der Waals surface area contributed by atoms with Crippen molar-refractivity contribution >= 4 is 11.8 Å². The third-order valence-corrected chi connectivity index (χ3v) is 4.80. The first kappa shape index (κ1) is 16.3. The van der Waals surface area contributed by atoms with E-state index in [2.05, 4.69) is 19.3 Å². The number of rotatable bonds is 10. The van der Waals surface area contributed by atoms with E-state index in [1.54, 1.807) is 0 Å². The third kappa shape index (κ3) is 7.01. The molecule has 3 heteroatoms. The van der Waals surface area contributed by atoms with Crippen LogP contribution in [0.4, 0.5) is 0 Å². The summed E-state index contributed by atoms with van der Waals surface area (Å²) in [4.78, 5) is 0. The molecule has 1 fully saturated rings. The Bertz CT molecular complexity index is 183. The lowest BCUT2D eigenvalue weighted by atomic mass is 10.0. The van der Waals surface area contributed by atoms with E-state index in [1.165, 1.54) is 62.9 Å². The SMILES string of the molecule is CCCCCCCCCC(NC)C1CSCCO1. The van der Waals surface area contributed by atoms with Crippen LogP contribution in [0.3, 0.4) is 0 Å². The van der Waals surface area contributed by atoms with E-state index in [-0.39, 0.29) is 0 Å². The second-order valence-corrected chi connectivity index (χ2v) is 6.44. The highest BCUT2D eigenvalue weighted by Crippen LogP contribution is 2.19. The van der Waals surface area contributed by atoms with Gasteiger partial charge in [0.1, 0.15) is 0 Å². The lowest BCUT2D eigenvalue weighted by Gasteiger charge is -2.30. The van der Waals surface area contributed by atoms with Crippen LogP contribution in [0.25, 0.3) is 0 Å². The first-order chi connectivity index (χ1) is 8.88. The molecule has 108 valence electrons. The van der Waals surface area contributed by atoms with Crippen LogP contribution < -0.4 is 5.32 Å². The van der Waals surface area contributed by atoms with Crippen molar-refractivity contribution in [2.75, 3.05) is 25.2 Å². The van der Waals surface area contributed by atoms with Crippen LogP contribution in [0.15, 0.2) is 0 Å². The molecule has 1 heterocycles. The van der Waals surface area contributed by atoms with Gasteiger partial charge in [0.2, 0.25) is 0 Å². The second kappa shape index (κ2) is 11.1. The van der Waals surface area contributed by atoms with Gasteiger partial charge >= 0.3 is 0 Å². The first-order valence-electron chi connectivity index (χ1n) is 7.75. The lowest BCUT2D eigenvalue weighted by Crippen LogP contribution is -2.43. The highest BCUT2D eigenvalue weighted by molar-refractivity contribution is 7.99. The van der Waals surface area contributed by atoms with Crippen LogP contribution in [-0.2, 0) is 4.74 Å². The number of thioether (sulfide) groups is 1. The summed E-state index contributed by atoms with van der Waals surface area (Å²) in [5.41, 5.74) is 0. The summed E-state index contributed by atoms with van der Waals surface area (Å²) in [5, 5.41) is 3.44. The molecule has 1 aliphatic heterocycles. The molecule has 1 N–H and O–H groups in total. The van der Waals surface area contributed by atoms with Gasteiger partial charge in [-0.15, -0.1) is 0 Å². The Morgan fingerprint density at radius 3 is 2.50 bits per heavy atom. The number of hydrogen-bond donors (Lipinski definition) is 1. The molecule has 0 spiro atoms. The zero-order chi connectivity index (χ0) is 13.1. The summed E-state index contributed by atoms with van der Waals surface area (Å²) in [5.74, 6) is 2.34. The minimum absolute atomic E-state index is 0.439. The predicted octanol–water partition coefficient (Wildman–Crippen LogP) is 3.85. The van der Waals surface area contributed by atoms with Crippen molar-refractivity contribution in [2.24, 2.45) is 0 Å². The molecular formula is C15H31NOS. The molecule has 2 atom stereocenters. The Morgan fingerprint density at radius 2 is 1.89 bits per heavy atom. The Morgan fingerprint density at radius 1 is 1.17 bits per heavy atom. The smallest absolute Gasteiger partial charge is 0.0818 e. The van der Waals surface area contributed by atoms with Gasteiger partial charge in [-0.3, -0.25) is 0 Å². The number of likely N-dealkylation sites (N-methyl/N-ethyl adjacent to an activating group) is 1. The van der Waals surface area contributed by atoms with E-state index in [0.29, 0.717) is 12.1 Å². The van der Waals surface area contributed by atoms with E-state index in [4.69, 9.17) is 4.74 Å². The maximum atomic E-state index is 5.86. The maximum Gasteiger partial charge on any atom is 0.0818 e. The van der Waals surface area contributed by atoms with Crippen molar-refractivity contribution in [1.29, 1.82) is 0 Å². The highest BCUT2D eigenvalue weighted by atomic mass is 32.2. The van der Waals surface area contributed by atoms with Gasteiger partial charge in [-0.05, 0) is 13.5 Å². The van der Waals surface area contributed by atoms with Crippen molar-refractivity contribution in [2.45, 2.75) is 70.4 Å². The Kier molecular flexibility index (Phi) is 10.1. The van der Waals surface area contributed by atoms with Gasteiger partial charge in [0, 0.05) is 17.5 Å². The molecule has 0 radical (unpaired) electrons. The van der Waals surface area contributed by atoms with Gasteiger partial charge in [-0.1, -0.05) is 51.9 Å². The number of ether oxygens (including phenoxy) is 1. The molecule has 0 bridgehead atoms. The van der Waals surface area contributed by atoms with Crippen molar-refractivity contribution in [3.8, 4) is 0 Å². The summed E-state index contributed by atoms with van der Waals surface area (Å²) >= 11 is 2.03. The molecule has 18 heavy (non-hydrogen) atoms. The molecule has 0 amide bonds. The molecule has 0 aromatic rings. The first-order valence-corrected chi connectivity index (χ1v) is 8.90. The molecule has 1 aliphatic rings. The predicted molar refractivity (Wildman–Crippen MR) is 82.5 cm³/mol. The van der Waals surface area contributed by atoms with Gasteiger partial charge < -0.3 is 10.1 Å². The highest BCUT2D eigenvalue weighted by Gasteiger charge is 2.22. The Hall–Kier alpha value is 0.270. The maximum absolute atomic E-state index is 5.86. The van der Waals surface area contributed by atoms with Crippen LogP contribution in [0, 0.1) is 0 Å². The fourth-order valence-electron chi connectivity index (χ4n) is 2.58. The van der Waals surface area contributed by atoms with E-state index in [1.807, 2.05) is 11.8 Å². The van der Waals surface area contributed by atoms with Crippen molar-refractivity contribution in [3.05, 3.63) is 0 Å². The van der Waals surface area contributed by atoms with Crippen LogP contribution >= 0.6 is 11.8 Å². The monoisotopic (exact) mass is 273 g/mol. The van der Waals surface area contributed by atoms with Gasteiger partial charge in [0.05, 0.1) is 12.7 Å². The summed E-state index contributed by atoms with van der Waals surface area (Å²) in [7, 11) is 2.08. The van der Waals surface area contributed by atoms with Crippen molar-refractivity contribution in [1.82, 2.24) is 5.32 Å². The van der Waals surface area contributed by atoms with Gasteiger partial charge in [-0.25, -0.2) is 0 Å². The van der Waals surface area contributed by atoms with E-state index in [0.717, 1.165) is 6.61 Å². The van der Waals surface area contributed by atoms with E-state index >= 15 is 0 Å². The second-order valence-electron chi connectivity index (χ2n) is 5.29. The largest absolute Gasteiger partial charge is 0.375 e. The molecule has 0 saturated carbocycles. The minimum Gasteiger partial charge on any atom is -0.375 e. The van der Waals surface area contributed by atoms with Crippen LogP contribution in [0.2, 0.25) is 0 Å². The summed E-state index contributed by atoms with van der Waals surface area (Å²) in [6, 6.07) is 0.563. The fourth-order valence-corrected chi connectivity index (χ4v) is 3.52. The summed E-state index contributed by atoms with van der Waals surface area (Å²) in [6.07, 6.45) is 11.5. The minimum atomic E-state index is 0.439. The summed E-state index contributed by atoms with van der Waals surface area (Å²) in [6.45, 7) is 3.21. The lowest BCUT2D eigenvalue weighted by molar-refractivity contribution is 0.0462. The average Bonchev–Trinajstić information content (AvgIpc) is 2.43. The third-order valence-electron chi connectivity index (χ3n) is 3.78. The molecular weight excluding hydrogens is 242 g/mol. The molecule has 1 rings (SSSR count). The molecule has 1 saturated heterocycles. The van der Waals surface area contributed by atoms with E-state index < -0.39 is 0 Å². The van der Waals surface area contributed by atoms with Crippen LogP contribution in [0.1, 0.15) is 58.3 Å². The molecule has 2 nitrogen and oxygen atoms in total. The van der Waals surface area contributed by atoms with Gasteiger partial charge in [0.25, 0.3) is 0 Å². The topological polar surface area (TPSA) is 21.3 Å². The van der Waals surface area contributed by atoms with Crippen molar-refractivity contribution in [3.63, 3.8) is 0 Å². The molecule has 2 unspecified atom stereocenters. The number of nitrogens with one attached hydrogen (secondary N) is 1. The van der Waals surface area contributed by atoms with Gasteiger partial charge in [-0.2, -0.15) is 11.8 Å². The molecule has 0 aromatic heterocycles.